The minimum absolute atomic E-state index is 0.725. The molecule has 3 N–H and O–H groups in total. The van der Waals surface area contributed by atoms with Crippen LogP contribution in [0, 0.1) is 6.92 Å². The van der Waals surface area contributed by atoms with E-state index in [0.29, 0.717) is 0 Å². The molecule has 0 saturated carbocycles. The first-order valence-corrected chi connectivity index (χ1v) is 4.20. The van der Waals surface area contributed by atoms with E-state index in [0.717, 1.165) is 30.0 Å². The maximum absolute atomic E-state index is 5.74. The first-order chi connectivity index (χ1) is 5.74. The van der Waals surface area contributed by atoms with Crippen molar-refractivity contribution in [2.24, 2.45) is 0 Å². The van der Waals surface area contributed by atoms with E-state index in [1.807, 2.05) is 19.2 Å². The molecule has 0 aliphatic heterocycles. The van der Waals surface area contributed by atoms with Crippen LogP contribution >= 0.6 is 0 Å². The lowest BCUT2D eigenvalue weighted by atomic mass is 10.3. The van der Waals surface area contributed by atoms with Crippen LogP contribution in [0.1, 0.15) is 18.9 Å². The summed E-state index contributed by atoms with van der Waals surface area (Å²) in [5.41, 5.74) is 7.55. The van der Waals surface area contributed by atoms with Gasteiger partial charge in [-0.3, -0.25) is 0 Å². The van der Waals surface area contributed by atoms with Gasteiger partial charge in [-0.2, -0.15) is 0 Å². The van der Waals surface area contributed by atoms with Crippen molar-refractivity contribution in [3.05, 3.63) is 17.8 Å². The first-order valence-electron chi connectivity index (χ1n) is 4.20. The molecule has 0 unspecified atom stereocenters. The highest BCUT2D eigenvalue weighted by molar-refractivity contribution is 5.61. The van der Waals surface area contributed by atoms with Crippen LogP contribution in [0.5, 0.6) is 0 Å². The Kier molecular flexibility index (Phi) is 2.91. The number of aryl methyl sites for hydroxylation is 1. The lowest BCUT2D eigenvalue weighted by Gasteiger charge is -2.06. The summed E-state index contributed by atoms with van der Waals surface area (Å²) in [6.07, 6.45) is 2.89. The van der Waals surface area contributed by atoms with Crippen molar-refractivity contribution in [3.63, 3.8) is 0 Å². The highest BCUT2D eigenvalue weighted by Gasteiger charge is 1.97. The lowest BCUT2D eigenvalue weighted by molar-refractivity contribution is 0.969. The molecule has 0 saturated heterocycles. The van der Waals surface area contributed by atoms with Crippen molar-refractivity contribution >= 4 is 11.5 Å². The zero-order valence-corrected chi connectivity index (χ0v) is 7.59. The number of rotatable bonds is 3. The van der Waals surface area contributed by atoms with Gasteiger partial charge in [0.2, 0.25) is 0 Å². The molecule has 0 radical (unpaired) electrons. The quantitative estimate of drug-likeness (QED) is 0.718. The SMILES string of the molecule is CCCNc1ncc(C)cc1N. The van der Waals surface area contributed by atoms with E-state index in [1.165, 1.54) is 0 Å². The molecule has 0 bridgehead atoms. The predicted octanol–water partition coefficient (Wildman–Crippen LogP) is 1.79. The van der Waals surface area contributed by atoms with Gasteiger partial charge in [-0.1, -0.05) is 6.92 Å². The summed E-state index contributed by atoms with van der Waals surface area (Å²) in [5.74, 6) is 0.794. The summed E-state index contributed by atoms with van der Waals surface area (Å²) in [6, 6.07) is 1.92. The Balaban J connectivity index is 2.72. The van der Waals surface area contributed by atoms with E-state index in [4.69, 9.17) is 5.73 Å². The highest BCUT2D eigenvalue weighted by atomic mass is 15.0. The minimum Gasteiger partial charge on any atom is -0.396 e. The topological polar surface area (TPSA) is 50.9 Å². The third kappa shape index (κ3) is 2.12. The molecule has 0 aliphatic rings. The lowest BCUT2D eigenvalue weighted by Crippen LogP contribution is -2.05. The van der Waals surface area contributed by atoms with Crippen molar-refractivity contribution in [1.82, 2.24) is 4.98 Å². The van der Waals surface area contributed by atoms with E-state index >= 15 is 0 Å². The molecule has 0 aromatic carbocycles. The summed E-state index contributed by atoms with van der Waals surface area (Å²) in [6.45, 7) is 5.00. The second kappa shape index (κ2) is 3.95. The van der Waals surface area contributed by atoms with Gasteiger partial charge < -0.3 is 11.1 Å². The molecule has 3 nitrogen and oxygen atoms in total. The summed E-state index contributed by atoms with van der Waals surface area (Å²) < 4.78 is 0. The molecule has 0 spiro atoms. The van der Waals surface area contributed by atoms with Crippen LogP contribution in [0.3, 0.4) is 0 Å². The Morgan fingerprint density at radius 1 is 1.58 bits per heavy atom. The third-order valence-electron chi connectivity index (χ3n) is 1.60. The number of aromatic nitrogens is 1. The maximum atomic E-state index is 5.74. The maximum Gasteiger partial charge on any atom is 0.149 e. The number of hydrogen-bond acceptors (Lipinski definition) is 3. The van der Waals surface area contributed by atoms with Gasteiger partial charge in [0.25, 0.3) is 0 Å². The number of anilines is 2. The molecule has 0 atom stereocenters. The van der Waals surface area contributed by atoms with Crippen LogP contribution in [-0.2, 0) is 0 Å². The average molecular weight is 165 g/mol. The molecule has 0 fully saturated rings. The Labute approximate surface area is 73.0 Å². The smallest absolute Gasteiger partial charge is 0.149 e. The molecule has 3 heteroatoms. The van der Waals surface area contributed by atoms with Crippen LogP contribution in [0.15, 0.2) is 12.3 Å². The van der Waals surface area contributed by atoms with Crippen LogP contribution in [0.25, 0.3) is 0 Å². The summed E-state index contributed by atoms with van der Waals surface area (Å²) in [4.78, 5) is 4.18. The minimum atomic E-state index is 0.725. The van der Waals surface area contributed by atoms with E-state index in [9.17, 15) is 0 Å². The molecule has 0 amide bonds. The average Bonchev–Trinajstić information content (AvgIpc) is 2.03. The Morgan fingerprint density at radius 2 is 2.33 bits per heavy atom. The van der Waals surface area contributed by atoms with Gasteiger partial charge in [0.1, 0.15) is 5.82 Å². The number of nitrogens with one attached hydrogen (secondary N) is 1. The van der Waals surface area contributed by atoms with Gasteiger partial charge >= 0.3 is 0 Å². The molecule has 1 heterocycles. The van der Waals surface area contributed by atoms with Crippen molar-refractivity contribution in [1.29, 1.82) is 0 Å². The van der Waals surface area contributed by atoms with Crippen LogP contribution < -0.4 is 11.1 Å². The van der Waals surface area contributed by atoms with E-state index in [-0.39, 0.29) is 0 Å². The van der Waals surface area contributed by atoms with Crippen molar-refractivity contribution < 1.29 is 0 Å². The van der Waals surface area contributed by atoms with Crippen LogP contribution in [0.2, 0.25) is 0 Å². The molecule has 1 rings (SSSR count). The van der Waals surface area contributed by atoms with Gasteiger partial charge in [-0.15, -0.1) is 0 Å². The number of hydrogen-bond donors (Lipinski definition) is 2. The fourth-order valence-electron chi connectivity index (χ4n) is 0.983. The Bertz CT molecular complexity index is 258. The molecule has 1 aromatic rings. The monoisotopic (exact) mass is 165 g/mol. The van der Waals surface area contributed by atoms with E-state index in [2.05, 4.69) is 17.2 Å². The van der Waals surface area contributed by atoms with Crippen LogP contribution in [0.4, 0.5) is 11.5 Å². The largest absolute Gasteiger partial charge is 0.396 e. The second-order valence-electron chi connectivity index (χ2n) is 2.88. The normalized spacial score (nSPS) is 9.83. The highest BCUT2D eigenvalue weighted by Crippen LogP contribution is 2.15. The Hall–Kier alpha value is -1.25. The fourth-order valence-corrected chi connectivity index (χ4v) is 0.983. The third-order valence-corrected chi connectivity index (χ3v) is 1.60. The van der Waals surface area contributed by atoms with Gasteiger partial charge in [-0.25, -0.2) is 4.98 Å². The first kappa shape index (κ1) is 8.84. The summed E-state index contributed by atoms with van der Waals surface area (Å²) in [7, 11) is 0. The van der Waals surface area contributed by atoms with Gasteiger partial charge in [0, 0.05) is 12.7 Å². The van der Waals surface area contributed by atoms with Crippen molar-refractivity contribution in [3.8, 4) is 0 Å². The van der Waals surface area contributed by atoms with Crippen molar-refractivity contribution in [2.75, 3.05) is 17.6 Å². The zero-order chi connectivity index (χ0) is 8.97. The van der Waals surface area contributed by atoms with Crippen molar-refractivity contribution in [2.45, 2.75) is 20.3 Å². The standard InChI is InChI=1S/C9H15N3/c1-3-4-11-9-8(10)5-7(2)6-12-9/h5-6H,3-4,10H2,1-2H3,(H,11,12). The molecule has 12 heavy (non-hydrogen) atoms. The molecule has 1 aromatic heterocycles. The number of nitrogens with zero attached hydrogens (tertiary/aromatic N) is 1. The van der Waals surface area contributed by atoms with E-state index < -0.39 is 0 Å². The molecular formula is C9H15N3. The van der Waals surface area contributed by atoms with Gasteiger partial charge in [0.05, 0.1) is 5.69 Å². The van der Waals surface area contributed by atoms with Gasteiger partial charge in [0.15, 0.2) is 0 Å². The van der Waals surface area contributed by atoms with Crippen LogP contribution in [-0.4, -0.2) is 11.5 Å². The predicted molar refractivity (Wildman–Crippen MR) is 52.2 cm³/mol. The van der Waals surface area contributed by atoms with E-state index in [1.54, 1.807) is 0 Å². The second-order valence-corrected chi connectivity index (χ2v) is 2.88. The van der Waals surface area contributed by atoms with Gasteiger partial charge in [-0.05, 0) is 25.0 Å². The Morgan fingerprint density at radius 3 is 2.92 bits per heavy atom. The molecule has 0 aliphatic carbocycles. The summed E-state index contributed by atoms with van der Waals surface area (Å²) >= 11 is 0. The summed E-state index contributed by atoms with van der Waals surface area (Å²) in [5, 5.41) is 3.15. The number of pyridine rings is 1. The number of nitrogens with two attached hydrogens (primary N) is 1. The molecule has 66 valence electrons. The molecular weight excluding hydrogens is 150 g/mol. The fraction of sp³-hybridized carbons (Fsp3) is 0.444. The number of nitrogen functional groups attached to an aromatic ring is 1. The zero-order valence-electron chi connectivity index (χ0n) is 7.59.